The number of ether oxygens (including phenoxy) is 1. The minimum absolute atomic E-state index is 0.0544. The maximum Gasteiger partial charge on any atom is 0.416 e. The average Bonchev–Trinajstić information content (AvgIpc) is 3.25. The van der Waals surface area contributed by atoms with Crippen molar-refractivity contribution in [3.8, 4) is 5.75 Å². The lowest BCUT2D eigenvalue weighted by Gasteiger charge is -2.17. The molecule has 1 fully saturated rings. The number of carbonyl (C=O) groups excluding carboxylic acids is 2. The van der Waals surface area contributed by atoms with Crippen molar-refractivity contribution < 1.29 is 27.5 Å². The van der Waals surface area contributed by atoms with Crippen molar-refractivity contribution in [3.05, 3.63) is 90.0 Å². The molecule has 42 heavy (non-hydrogen) atoms. The first-order valence-corrected chi connectivity index (χ1v) is 14.9. The highest BCUT2D eigenvalue weighted by molar-refractivity contribution is 8.15. The van der Waals surface area contributed by atoms with Crippen molar-refractivity contribution >= 4 is 40.1 Å². The van der Waals surface area contributed by atoms with E-state index in [-0.39, 0.29) is 23.2 Å². The number of amides is 2. The Labute approximate surface area is 248 Å². The highest BCUT2D eigenvalue weighted by atomic mass is 32.2. The smallest absolute Gasteiger partial charge is 0.416 e. The van der Waals surface area contributed by atoms with E-state index in [0.717, 1.165) is 60.0 Å². The summed E-state index contributed by atoms with van der Waals surface area (Å²) in [4.78, 5) is 32.0. The fraction of sp³-hybridized carbons (Fsp3) is 0.344. The molecule has 1 saturated heterocycles. The van der Waals surface area contributed by atoms with Crippen molar-refractivity contribution in [2.75, 3.05) is 23.4 Å². The lowest BCUT2D eigenvalue weighted by molar-refractivity contribution is -0.137. The predicted octanol–water partition coefficient (Wildman–Crippen LogP) is 7.74. The van der Waals surface area contributed by atoms with Crippen LogP contribution in [0, 0.1) is 0 Å². The first-order valence-electron chi connectivity index (χ1n) is 14.0. The highest BCUT2D eigenvalue weighted by Gasteiger charge is 2.41. The Balaban J connectivity index is 1.45. The second-order valence-electron chi connectivity index (χ2n) is 9.91. The van der Waals surface area contributed by atoms with E-state index < -0.39 is 22.9 Å². The summed E-state index contributed by atoms with van der Waals surface area (Å²) in [6, 6.07) is 21.3. The van der Waals surface area contributed by atoms with E-state index in [2.05, 4.69) is 17.2 Å². The van der Waals surface area contributed by atoms with Gasteiger partial charge in [0.15, 0.2) is 5.17 Å². The number of alkyl halides is 3. The van der Waals surface area contributed by atoms with Gasteiger partial charge in [-0.1, -0.05) is 74.3 Å². The molecule has 1 N–H and O–H groups in total. The normalized spacial score (nSPS) is 15.8. The molecule has 1 atom stereocenters. The van der Waals surface area contributed by atoms with Gasteiger partial charge in [0.25, 0.3) is 0 Å². The molecule has 3 aromatic rings. The zero-order valence-corrected chi connectivity index (χ0v) is 24.2. The van der Waals surface area contributed by atoms with E-state index in [1.54, 1.807) is 24.3 Å². The monoisotopic (exact) mass is 597 g/mol. The van der Waals surface area contributed by atoms with Crippen LogP contribution in [0.5, 0.6) is 5.75 Å². The SMILES string of the molecule is CCCCCCOc1ccc(N2C(=O)C[C@@H](SC(=NCCc3ccccc3)Nc3cccc(C(F)(F)F)c3)C2=O)cc1. The van der Waals surface area contributed by atoms with Gasteiger partial charge in [-0.3, -0.25) is 14.6 Å². The lowest BCUT2D eigenvalue weighted by Crippen LogP contribution is -2.31. The molecule has 222 valence electrons. The van der Waals surface area contributed by atoms with Gasteiger partial charge >= 0.3 is 6.18 Å². The molecule has 0 unspecified atom stereocenters. The number of rotatable bonds is 12. The van der Waals surface area contributed by atoms with Crippen molar-refractivity contribution in [3.63, 3.8) is 0 Å². The van der Waals surface area contributed by atoms with Crippen LogP contribution in [-0.4, -0.2) is 35.4 Å². The fourth-order valence-corrected chi connectivity index (χ4v) is 5.49. The number of thioether (sulfide) groups is 1. The van der Waals surface area contributed by atoms with Crippen molar-refractivity contribution in [1.82, 2.24) is 0 Å². The number of anilines is 2. The summed E-state index contributed by atoms with van der Waals surface area (Å²) >= 11 is 1.05. The van der Waals surface area contributed by atoms with Gasteiger partial charge in [-0.05, 0) is 60.9 Å². The standard InChI is InChI=1S/C32H34F3N3O3S/c1-2-3-4-8-20-41-27-16-14-26(15-17-27)38-29(39)22-28(30(38)40)42-31(36-19-18-23-10-6-5-7-11-23)37-25-13-9-12-24(21-25)32(33,34)35/h5-7,9-17,21,28H,2-4,8,18-20,22H2,1H3,(H,36,37)/t28-/m1/s1. The number of unbranched alkanes of at least 4 members (excludes halogenated alkanes) is 3. The molecule has 0 aromatic heterocycles. The van der Waals surface area contributed by atoms with Crippen molar-refractivity contribution in [1.29, 1.82) is 0 Å². The number of hydrogen-bond acceptors (Lipinski definition) is 5. The van der Waals surface area contributed by atoms with Crippen LogP contribution in [-0.2, 0) is 22.2 Å². The van der Waals surface area contributed by atoms with E-state index in [0.29, 0.717) is 31.0 Å². The van der Waals surface area contributed by atoms with Crippen molar-refractivity contribution in [2.24, 2.45) is 4.99 Å². The van der Waals surface area contributed by atoms with Crippen LogP contribution in [0.2, 0.25) is 0 Å². The third-order valence-electron chi connectivity index (χ3n) is 6.66. The molecule has 10 heteroatoms. The van der Waals surface area contributed by atoms with E-state index >= 15 is 0 Å². The molecule has 2 amide bonds. The molecule has 0 aliphatic carbocycles. The number of aliphatic imine (C=N–C) groups is 1. The summed E-state index contributed by atoms with van der Waals surface area (Å²) in [6.45, 7) is 3.10. The highest BCUT2D eigenvalue weighted by Crippen LogP contribution is 2.33. The molecule has 0 radical (unpaired) electrons. The Kier molecular flexibility index (Phi) is 11.1. The average molecular weight is 598 g/mol. The molecule has 6 nitrogen and oxygen atoms in total. The molecular formula is C32H34F3N3O3S. The summed E-state index contributed by atoms with van der Waals surface area (Å²) in [6.07, 6.45) is 0.419. The quantitative estimate of drug-likeness (QED) is 0.100. The summed E-state index contributed by atoms with van der Waals surface area (Å²) < 4.78 is 45.6. The van der Waals surface area contributed by atoms with Gasteiger partial charge in [-0.2, -0.15) is 13.2 Å². The van der Waals surface area contributed by atoms with Crippen LogP contribution in [0.15, 0.2) is 83.9 Å². The topological polar surface area (TPSA) is 71.0 Å². The Hall–Kier alpha value is -3.79. The predicted molar refractivity (Wildman–Crippen MR) is 162 cm³/mol. The molecular weight excluding hydrogens is 563 g/mol. The number of nitrogens with zero attached hydrogens (tertiary/aromatic N) is 2. The van der Waals surface area contributed by atoms with Crippen LogP contribution in [0.25, 0.3) is 0 Å². The van der Waals surface area contributed by atoms with Gasteiger partial charge in [-0.15, -0.1) is 0 Å². The Morgan fingerprint density at radius 2 is 1.76 bits per heavy atom. The minimum atomic E-state index is -4.50. The largest absolute Gasteiger partial charge is 0.494 e. The first kappa shape index (κ1) is 31.2. The van der Waals surface area contributed by atoms with Crippen LogP contribution in [0.1, 0.15) is 50.2 Å². The first-order chi connectivity index (χ1) is 20.2. The molecule has 4 rings (SSSR count). The Bertz CT molecular complexity index is 1360. The van der Waals surface area contributed by atoms with Gasteiger partial charge in [0, 0.05) is 18.7 Å². The maximum atomic E-state index is 13.4. The number of hydrogen-bond donors (Lipinski definition) is 1. The summed E-state index contributed by atoms with van der Waals surface area (Å²) in [5.74, 6) is -0.0911. The van der Waals surface area contributed by atoms with E-state index in [1.807, 2.05) is 30.3 Å². The second kappa shape index (κ2) is 14.9. The molecule has 0 saturated carbocycles. The van der Waals surface area contributed by atoms with E-state index in [1.165, 1.54) is 12.1 Å². The van der Waals surface area contributed by atoms with Crippen LogP contribution in [0.3, 0.4) is 0 Å². The number of halogens is 3. The maximum absolute atomic E-state index is 13.4. The number of benzene rings is 3. The molecule has 3 aromatic carbocycles. The molecule has 1 aliphatic rings. The minimum Gasteiger partial charge on any atom is -0.494 e. The molecule has 1 aliphatic heterocycles. The summed E-state index contributed by atoms with van der Waals surface area (Å²) in [5.41, 5.74) is 0.888. The Morgan fingerprint density at radius 1 is 1.00 bits per heavy atom. The van der Waals surface area contributed by atoms with Gasteiger partial charge in [0.1, 0.15) is 11.0 Å². The summed E-state index contributed by atoms with van der Waals surface area (Å²) in [5, 5.41) is 2.44. The van der Waals surface area contributed by atoms with Crippen LogP contribution < -0.4 is 15.0 Å². The third kappa shape index (κ3) is 8.85. The third-order valence-corrected chi connectivity index (χ3v) is 7.77. The zero-order valence-electron chi connectivity index (χ0n) is 23.4. The fourth-order valence-electron chi connectivity index (χ4n) is 4.45. The number of carbonyl (C=O) groups is 2. The van der Waals surface area contributed by atoms with Gasteiger partial charge in [0.05, 0.1) is 17.9 Å². The Morgan fingerprint density at radius 3 is 2.48 bits per heavy atom. The van der Waals surface area contributed by atoms with Gasteiger partial charge < -0.3 is 10.1 Å². The van der Waals surface area contributed by atoms with Gasteiger partial charge in [-0.25, -0.2) is 4.90 Å². The van der Waals surface area contributed by atoms with E-state index in [4.69, 9.17) is 4.74 Å². The zero-order chi connectivity index (χ0) is 30.0. The molecule has 0 bridgehead atoms. The second-order valence-corrected chi connectivity index (χ2v) is 11.1. The molecule has 1 heterocycles. The van der Waals surface area contributed by atoms with Crippen LogP contribution in [0.4, 0.5) is 24.5 Å². The molecule has 0 spiro atoms. The van der Waals surface area contributed by atoms with Crippen LogP contribution >= 0.6 is 11.8 Å². The van der Waals surface area contributed by atoms with Crippen molar-refractivity contribution in [2.45, 2.75) is 56.9 Å². The number of imide groups is 1. The number of amidine groups is 1. The lowest BCUT2D eigenvalue weighted by atomic mass is 10.2. The number of nitrogens with one attached hydrogen (secondary N) is 1. The van der Waals surface area contributed by atoms with Gasteiger partial charge in [0.2, 0.25) is 11.8 Å². The van der Waals surface area contributed by atoms with E-state index in [9.17, 15) is 22.8 Å². The summed E-state index contributed by atoms with van der Waals surface area (Å²) in [7, 11) is 0.